The summed E-state index contributed by atoms with van der Waals surface area (Å²) in [6, 6.07) is 2.23. The van der Waals surface area contributed by atoms with E-state index in [-0.39, 0.29) is 10.7 Å². The summed E-state index contributed by atoms with van der Waals surface area (Å²) >= 11 is 5.68. The monoisotopic (exact) mass is 278 g/mol. The highest BCUT2D eigenvalue weighted by Crippen LogP contribution is 2.36. The molecule has 0 unspecified atom stereocenters. The summed E-state index contributed by atoms with van der Waals surface area (Å²) in [6.07, 6.45) is 1.48. The maximum Gasteiger partial charge on any atom is 0.244 e. The minimum atomic E-state index is -3.92. The Kier molecular flexibility index (Phi) is 2.84. The Bertz CT molecular complexity index is 570. The molecule has 0 atom stereocenters. The molecule has 0 spiro atoms. The van der Waals surface area contributed by atoms with Crippen molar-refractivity contribution < 1.29 is 12.8 Å². The van der Waals surface area contributed by atoms with Crippen LogP contribution in [0.15, 0.2) is 17.0 Å². The van der Waals surface area contributed by atoms with Crippen LogP contribution in [-0.4, -0.2) is 14.0 Å². The van der Waals surface area contributed by atoms with Crippen molar-refractivity contribution in [3.8, 4) is 0 Å². The molecular weight excluding hydrogens is 267 g/mol. The number of anilines is 1. The van der Waals surface area contributed by atoms with Crippen molar-refractivity contribution in [3.63, 3.8) is 0 Å². The molecule has 0 amide bonds. The smallest absolute Gasteiger partial charge is 0.244 e. The normalized spacial score (nSPS) is 18.1. The number of nitrogens with two attached hydrogens (primary N) is 1. The number of hydrogen-bond donors (Lipinski definition) is 2. The molecule has 1 aromatic rings. The predicted molar refractivity (Wildman–Crippen MR) is 63.8 cm³/mol. The quantitative estimate of drug-likeness (QED) is 0.830. The first kappa shape index (κ1) is 12.6. The molecule has 0 radical (unpaired) electrons. The molecule has 0 aliphatic heterocycles. The first-order chi connectivity index (χ1) is 7.73. The van der Waals surface area contributed by atoms with Crippen LogP contribution >= 0.6 is 11.6 Å². The Hall–Kier alpha value is -0.850. The topological polar surface area (TPSA) is 72.2 Å². The molecule has 17 heavy (non-hydrogen) atoms. The number of benzene rings is 1. The highest BCUT2D eigenvalue weighted by atomic mass is 35.5. The Balaban J connectivity index is 2.45. The van der Waals surface area contributed by atoms with Gasteiger partial charge in [-0.2, -0.15) is 0 Å². The lowest BCUT2D eigenvalue weighted by molar-refractivity contribution is 0.542. The highest BCUT2D eigenvalue weighted by molar-refractivity contribution is 7.89. The summed E-state index contributed by atoms with van der Waals surface area (Å²) in [7, 11) is -3.92. The van der Waals surface area contributed by atoms with Gasteiger partial charge in [-0.3, -0.25) is 0 Å². The van der Waals surface area contributed by atoms with Crippen molar-refractivity contribution in [2.45, 2.75) is 30.2 Å². The van der Waals surface area contributed by atoms with Crippen LogP contribution in [-0.2, 0) is 10.0 Å². The van der Waals surface area contributed by atoms with Gasteiger partial charge in [0.2, 0.25) is 10.0 Å². The number of nitrogens with one attached hydrogen (secondary N) is 1. The number of sulfonamides is 1. The van der Waals surface area contributed by atoms with E-state index in [0.29, 0.717) is 0 Å². The second-order valence-corrected chi connectivity index (χ2v) is 6.56. The predicted octanol–water partition coefficient (Wildman–Crippen LogP) is 1.89. The van der Waals surface area contributed by atoms with E-state index in [1.54, 1.807) is 6.92 Å². The Morgan fingerprint density at radius 2 is 2.06 bits per heavy atom. The third-order valence-corrected chi connectivity index (χ3v) is 4.56. The lowest BCUT2D eigenvalue weighted by Gasteiger charge is -2.13. The Morgan fingerprint density at radius 1 is 1.47 bits per heavy atom. The second kappa shape index (κ2) is 3.83. The molecule has 2 rings (SSSR count). The van der Waals surface area contributed by atoms with Gasteiger partial charge in [0.25, 0.3) is 0 Å². The Labute approximate surface area is 104 Å². The zero-order valence-electron chi connectivity index (χ0n) is 9.13. The minimum absolute atomic E-state index is 0.0882. The molecule has 7 heteroatoms. The van der Waals surface area contributed by atoms with Gasteiger partial charge >= 0.3 is 0 Å². The Morgan fingerprint density at radius 3 is 2.59 bits per heavy atom. The molecule has 0 heterocycles. The summed E-state index contributed by atoms with van der Waals surface area (Å²) in [4.78, 5) is -0.504. The first-order valence-electron chi connectivity index (χ1n) is 5.02. The zero-order chi connectivity index (χ0) is 12.8. The van der Waals surface area contributed by atoms with Gasteiger partial charge < -0.3 is 5.73 Å². The van der Waals surface area contributed by atoms with Gasteiger partial charge in [-0.15, -0.1) is 0 Å². The van der Waals surface area contributed by atoms with Gasteiger partial charge in [0.15, 0.2) is 5.82 Å². The summed E-state index contributed by atoms with van der Waals surface area (Å²) in [5.74, 6) is -0.967. The number of hydrogen-bond acceptors (Lipinski definition) is 3. The lowest BCUT2D eigenvalue weighted by atomic mass is 10.3. The molecule has 1 fully saturated rings. The fraction of sp³-hybridized carbons (Fsp3) is 0.400. The maximum atomic E-state index is 13.7. The van der Waals surface area contributed by atoms with Crippen LogP contribution in [0.4, 0.5) is 10.1 Å². The second-order valence-electron chi connectivity index (χ2n) is 4.47. The highest BCUT2D eigenvalue weighted by Gasteiger charge is 2.42. The van der Waals surface area contributed by atoms with E-state index in [1.165, 1.54) is 6.07 Å². The van der Waals surface area contributed by atoms with Crippen molar-refractivity contribution in [2.75, 3.05) is 5.73 Å². The van der Waals surface area contributed by atoms with E-state index in [1.807, 2.05) is 0 Å². The third kappa shape index (κ3) is 2.53. The van der Waals surface area contributed by atoms with E-state index in [4.69, 9.17) is 17.3 Å². The fourth-order valence-corrected chi connectivity index (χ4v) is 3.34. The van der Waals surface area contributed by atoms with Crippen molar-refractivity contribution in [2.24, 2.45) is 0 Å². The molecule has 0 aromatic heterocycles. The van der Waals surface area contributed by atoms with E-state index in [0.717, 1.165) is 18.9 Å². The molecule has 0 saturated heterocycles. The van der Waals surface area contributed by atoms with E-state index in [9.17, 15) is 12.8 Å². The molecule has 1 saturated carbocycles. The molecule has 4 nitrogen and oxygen atoms in total. The van der Waals surface area contributed by atoms with E-state index >= 15 is 0 Å². The van der Waals surface area contributed by atoms with E-state index in [2.05, 4.69) is 4.72 Å². The van der Waals surface area contributed by atoms with Gasteiger partial charge in [0.1, 0.15) is 4.90 Å². The van der Waals surface area contributed by atoms with Crippen LogP contribution in [0, 0.1) is 5.82 Å². The molecule has 1 aliphatic rings. The summed E-state index contributed by atoms with van der Waals surface area (Å²) in [6.45, 7) is 1.76. The molecular formula is C10H12ClFN2O2S. The summed E-state index contributed by atoms with van der Waals surface area (Å²) in [5.41, 5.74) is 4.60. The SMILES string of the molecule is CC1(NS(=O)(=O)c2cc(Cl)cc(N)c2F)CC1. The number of rotatable bonds is 3. The van der Waals surface area contributed by atoms with Crippen LogP contribution in [0.3, 0.4) is 0 Å². The van der Waals surface area contributed by atoms with Crippen LogP contribution < -0.4 is 10.5 Å². The molecule has 94 valence electrons. The standard InChI is InChI=1S/C10H12ClFN2O2S/c1-10(2-3-10)14-17(15,16)8-5-6(11)4-7(13)9(8)12/h4-5,14H,2-3,13H2,1H3. The van der Waals surface area contributed by atoms with Gasteiger partial charge in [0, 0.05) is 10.6 Å². The average Bonchev–Trinajstić information content (AvgIpc) is 2.88. The van der Waals surface area contributed by atoms with Crippen LogP contribution in [0.2, 0.25) is 5.02 Å². The van der Waals surface area contributed by atoms with Crippen molar-refractivity contribution in [1.29, 1.82) is 0 Å². The number of nitrogen functional groups attached to an aromatic ring is 1. The van der Waals surface area contributed by atoms with Crippen LogP contribution in [0.1, 0.15) is 19.8 Å². The van der Waals surface area contributed by atoms with Gasteiger partial charge in [-0.1, -0.05) is 11.6 Å². The van der Waals surface area contributed by atoms with Crippen molar-refractivity contribution in [3.05, 3.63) is 23.0 Å². The maximum absolute atomic E-state index is 13.7. The van der Waals surface area contributed by atoms with Gasteiger partial charge in [-0.05, 0) is 31.9 Å². The first-order valence-corrected chi connectivity index (χ1v) is 6.88. The molecule has 1 aromatic carbocycles. The minimum Gasteiger partial charge on any atom is -0.396 e. The average molecular weight is 279 g/mol. The van der Waals surface area contributed by atoms with E-state index < -0.39 is 26.3 Å². The zero-order valence-corrected chi connectivity index (χ0v) is 10.7. The largest absolute Gasteiger partial charge is 0.396 e. The van der Waals surface area contributed by atoms with Crippen molar-refractivity contribution in [1.82, 2.24) is 4.72 Å². The molecule has 3 N–H and O–H groups in total. The summed E-state index contributed by atoms with van der Waals surface area (Å²) < 4.78 is 40.0. The van der Waals surface area contributed by atoms with Gasteiger partial charge in [0.05, 0.1) is 5.69 Å². The number of halogens is 2. The summed E-state index contributed by atoms with van der Waals surface area (Å²) in [5, 5.41) is 0.0882. The van der Waals surface area contributed by atoms with Crippen molar-refractivity contribution >= 4 is 27.3 Å². The van der Waals surface area contributed by atoms with Crippen LogP contribution in [0.5, 0.6) is 0 Å². The molecule has 1 aliphatic carbocycles. The van der Waals surface area contributed by atoms with Crippen LogP contribution in [0.25, 0.3) is 0 Å². The lowest BCUT2D eigenvalue weighted by Crippen LogP contribution is -2.34. The fourth-order valence-electron chi connectivity index (χ4n) is 1.45. The third-order valence-electron chi connectivity index (χ3n) is 2.70. The van der Waals surface area contributed by atoms with Gasteiger partial charge in [-0.25, -0.2) is 17.5 Å². The molecule has 0 bridgehead atoms.